The van der Waals surface area contributed by atoms with Gasteiger partial charge in [0.25, 0.3) is 0 Å². The fourth-order valence-corrected chi connectivity index (χ4v) is 6.07. The van der Waals surface area contributed by atoms with Crippen LogP contribution in [-0.4, -0.2) is 43.3 Å². The van der Waals surface area contributed by atoms with Crippen molar-refractivity contribution in [3.05, 3.63) is 65.2 Å². The zero-order valence-corrected chi connectivity index (χ0v) is 18.2. The minimum Gasteiger partial charge on any atom is -0.296 e. The van der Waals surface area contributed by atoms with Gasteiger partial charge in [-0.15, -0.1) is 12.4 Å². The van der Waals surface area contributed by atoms with Crippen LogP contribution in [0.2, 0.25) is 0 Å². The summed E-state index contributed by atoms with van der Waals surface area (Å²) in [5.41, 5.74) is 3.86. The number of sulfonamides is 1. The lowest BCUT2D eigenvalue weighted by Gasteiger charge is -2.34. The van der Waals surface area contributed by atoms with Crippen molar-refractivity contribution < 1.29 is 8.42 Å². The summed E-state index contributed by atoms with van der Waals surface area (Å²) in [6.07, 6.45) is 4.02. The van der Waals surface area contributed by atoms with E-state index >= 15 is 0 Å². The second-order valence-electron chi connectivity index (χ2n) is 7.95. The number of hydrogen-bond acceptors (Lipinski definition) is 3. The van der Waals surface area contributed by atoms with Gasteiger partial charge in [-0.2, -0.15) is 4.31 Å². The number of hydrogen-bond donors (Lipinski definition) is 0. The van der Waals surface area contributed by atoms with E-state index in [0.717, 1.165) is 44.3 Å². The highest BCUT2D eigenvalue weighted by Gasteiger charge is 2.37. The SMILES string of the molecule is Cc1cccc(S(=O)(=O)N(C)[C@H]2CC[C@@H](N3CCc4ccccc4C3)C2)c1.Cl. The molecule has 2 aliphatic rings. The van der Waals surface area contributed by atoms with Crippen molar-refractivity contribution in [1.82, 2.24) is 9.21 Å². The van der Waals surface area contributed by atoms with E-state index in [1.807, 2.05) is 19.1 Å². The van der Waals surface area contributed by atoms with Crippen molar-refractivity contribution in [2.45, 2.75) is 56.1 Å². The number of fused-ring (bicyclic) bond motifs is 1. The molecule has 1 heterocycles. The second-order valence-corrected chi connectivity index (χ2v) is 9.95. The molecule has 0 radical (unpaired) electrons. The van der Waals surface area contributed by atoms with Crippen LogP contribution in [0.25, 0.3) is 0 Å². The van der Waals surface area contributed by atoms with Crippen molar-refractivity contribution in [2.75, 3.05) is 13.6 Å². The maximum absolute atomic E-state index is 13.0. The summed E-state index contributed by atoms with van der Waals surface area (Å²) in [5, 5.41) is 0. The minimum absolute atomic E-state index is 0. The molecule has 2 atom stereocenters. The predicted molar refractivity (Wildman–Crippen MR) is 115 cm³/mol. The lowest BCUT2D eigenvalue weighted by Crippen LogP contribution is -2.40. The third-order valence-corrected chi connectivity index (χ3v) is 8.14. The molecule has 0 spiro atoms. The number of nitrogens with zero attached hydrogens (tertiary/aromatic N) is 2. The van der Waals surface area contributed by atoms with Gasteiger partial charge in [-0.1, -0.05) is 36.4 Å². The minimum atomic E-state index is -3.43. The highest BCUT2D eigenvalue weighted by atomic mass is 35.5. The van der Waals surface area contributed by atoms with Gasteiger partial charge >= 0.3 is 0 Å². The van der Waals surface area contributed by atoms with Crippen LogP contribution >= 0.6 is 12.4 Å². The highest BCUT2D eigenvalue weighted by molar-refractivity contribution is 7.89. The molecule has 2 aromatic carbocycles. The zero-order chi connectivity index (χ0) is 19.0. The van der Waals surface area contributed by atoms with Crippen LogP contribution in [0.3, 0.4) is 0 Å². The third-order valence-electron chi connectivity index (χ3n) is 6.23. The van der Waals surface area contributed by atoms with Crippen molar-refractivity contribution >= 4 is 22.4 Å². The standard InChI is InChI=1S/C22H28N2O2S.ClH/c1-17-6-5-9-22(14-17)27(25,26)23(2)20-10-11-21(15-20)24-13-12-18-7-3-4-8-19(18)16-24;/h3-9,14,20-21H,10-13,15-16H2,1-2H3;1H/t20-,21+;/m0./s1. The summed E-state index contributed by atoms with van der Waals surface area (Å²) < 4.78 is 27.7. The van der Waals surface area contributed by atoms with Crippen LogP contribution in [0, 0.1) is 6.92 Å². The molecule has 1 fully saturated rings. The van der Waals surface area contributed by atoms with Gasteiger partial charge < -0.3 is 0 Å². The molecule has 1 aliphatic carbocycles. The molecular formula is C22H29ClN2O2S. The topological polar surface area (TPSA) is 40.6 Å². The van der Waals surface area contributed by atoms with Gasteiger partial charge in [0.2, 0.25) is 10.0 Å². The first-order valence-electron chi connectivity index (χ1n) is 9.80. The lowest BCUT2D eigenvalue weighted by atomic mass is 9.98. The Hall–Kier alpha value is -1.40. The van der Waals surface area contributed by atoms with E-state index < -0.39 is 10.0 Å². The number of benzene rings is 2. The molecular weight excluding hydrogens is 392 g/mol. The van der Waals surface area contributed by atoms with Crippen LogP contribution in [0.5, 0.6) is 0 Å². The summed E-state index contributed by atoms with van der Waals surface area (Å²) in [4.78, 5) is 2.95. The van der Waals surface area contributed by atoms with Gasteiger partial charge in [-0.05, 0) is 61.4 Å². The van der Waals surface area contributed by atoms with Crippen LogP contribution in [-0.2, 0) is 23.0 Å². The molecule has 1 aliphatic heterocycles. The maximum atomic E-state index is 13.0. The highest BCUT2D eigenvalue weighted by Crippen LogP contribution is 2.33. The molecule has 6 heteroatoms. The summed E-state index contributed by atoms with van der Waals surface area (Å²) >= 11 is 0. The largest absolute Gasteiger partial charge is 0.296 e. The van der Waals surface area contributed by atoms with Crippen molar-refractivity contribution in [2.24, 2.45) is 0 Å². The Bertz CT molecular complexity index is 932. The van der Waals surface area contributed by atoms with Crippen molar-refractivity contribution in [3.63, 3.8) is 0 Å². The molecule has 0 amide bonds. The van der Waals surface area contributed by atoms with Gasteiger partial charge in [-0.3, -0.25) is 4.90 Å². The number of aryl methyl sites for hydroxylation is 1. The zero-order valence-electron chi connectivity index (χ0n) is 16.5. The first-order valence-corrected chi connectivity index (χ1v) is 11.2. The molecule has 28 heavy (non-hydrogen) atoms. The van der Waals surface area contributed by atoms with Gasteiger partial charge in [0.05, 0.1) is 4.90 Å². The Morgan fingerprint density at radius 1 is 1.04 bits per heavy atom. The van der Waals surface area contributed by atoms with E-state index in [-0.39, 0.29) is 18.4 Å². The first-order chi connectivity index (χ1) is 12.9. The number of rotatable bonds is 4. The van der Waals surface area contributed by atoms with Gasteiger partial charge in [0.15, 0.2) is 0 Å². The second kappa shape index (κ2) is 8.54. The molecule has 4 nitrogen and oxygen atoms in total. The summed E-state index contributed by atoms with van der Waals surface area (Å²) in [6, 6.07) is 16.4. The van der Waals surface area contributed by atoms with Crippen molar-refractivity contribution in [1.29, 1.82) is 0 Å². The number of halogens is 1. The Labute approximate surface area is 175 Å². The molecule has 2 aromatic rings. The first kappa shape index (κ1) is 21.3. The van der Waals surface area contributed by atoms with E-state index in [9.17, 15) is 8.42 Å². The monoisotopic (exact) mass is 420 g/mol. The van der Waals surface area contributed by atoms with E-state index in [1.165, 1.54) is 11.1 Å². The molecule has 0 aromatic heterocycles. The Balaban J connectivity index is 0.00000225. The van der Waals surface area contributed by atoms with Gasteiger partial charge in [-0.25, -0.2) is 8.42 Å². The predicted octanol–water partition coefficient (Wildman–Crippen LogP) is 4.02. The van der Waals surface area contributed by atoms with Gasteiger partial charge in [0, 0.05) is 32.2 Å². The molecule has 0 N–H and O–H groups in total. The fourth-order valence-electron chi connectivity index (χ4n) is 4.56. The summed E-state index contributed by atoms with van der Waals surface area (Å²) in [6.45, 7) is 3.99. The molecule has 1 saturated carbocycles. The Morgan fingerprint density at radius 2 is 1.79 bits per heavy atom. The summed E-state index contributed by atoms with van der Waals surface area (Å²) in [7, 11) is -1.69. The molecule has 4 rings (SSSR count). The fraction of sp³-hybridized carbons (Fsp3) is 0.455. The molecule has 0 unspecified atom stereocenters. The smallest absolute Gasteiger partial charge is 0.243 e. The van der Waals surface area contributed by atoms with Crippen LogP contribution in [0.4, 0.5) is 0 Å². The maximum Gasteiger partial charge on any atom is 0.243 e. The van der Waals surface area contributed by atoms with E-state index in [2.05, 4.69) is 29.2 Å². The molecule has 0 bridgehead atoms. The normalized spacial score (nSPS) is 22.7. The molecule has 152 valence electrons. The van der Waals surface area contributed by atoms with Crippen LogP contribution in [0.1, 0.15) is 36.0 Å². The lowest BCUT2D eigenvalue weighted by molar-refractivity contribution is 0.175. The molecule has 0 saturated heterocycles. The van der Waals surface area contributed by atoms with Gasteiger partial charge in [0.1, 0.15) is 0 Å². The van der Waals surface area contributed by atoms with E-state index in [1.54, 1.807) is 23.5 Å². The summed E-state index contributed by atoms with van der Waals surface area (Å²) in [5.74, 6) is 0. The average Bonchev–Trinajstić information content (AvgIpc) is 3.17. The van der Waals surface area contributed by atoms with E-state index in [4.69, 9.17) is 0 Å². The van der Waals surface area contributed by atoms with Crippen LogP contribution in [0.15, 0.2) is 53.4 Å². The van der Waals surface area contributed by atoms with E-state index in [0.29, 0.717) is 10.9 Å². The third kappa shape index (κ3) is 4.13. The Morgan fingerprint density at radius 3 is 2.54 bits per heavy atom. The average molecular weight is 421 g/mol. The quantitative estimate of drug-likeness (QED) is 0.750. The van der Waals surface area contributed by atoms with Crippen LogP contribution < -0.4 is 0 Å². The van der Waals surface area contributed by atoms with Crippen molar-refractivity contribution in [3.8, 4) is 0 Å². The Kier molecular flexibility index (Phi) is 6.50.